The number of nitrogens with one attached hydrogen (secondary N) is 2. The van der Waals surface area contributed by atoms with Gasteiger partial charge in [0.25, 0.3) is 0 Å². The highest BCUT2D eigenvalue weighted by atomic mass is 16.5. The molecule has 0 heterocycles. The van der Waals surface area contributed by atoms with Gasteiger partial charge in [-0.15, -0.1) is 0 Å². The van der Waals surface area contributed by atoms with E-state index in [2.05, 4.69) is 34.9 Å². The van der Waals surface area contributed by atoms with Gasteiger partial charge in [-0.2, -0.15) is 0 Å². The Morgan fingerprint density at radius 2 is 1.60 bits per heavy atom. The molecule has 2 atom stereocenters. The quantitative estimate of drug-likeness (QED) is 0.422. The van der Waals surface area contributed by atoms with E-state index in [4.69, 9.17) is 4.74 Å². The predicted molar refractivity (Wildman–Crippen MR) is 135 cm³/mol. The number of carbonyl (C=O) groups is 3. The van der Waals surface area contributed by atoms with Crippen LogP contribution in [0.5, 0.6) is 0 Å². The Bertz CT molecular complexity index is 1020. The van der Waals surface area contributed by atoms with Gasteiger partial charge in [0.15, 0.2) is 0 Å². The van der Waals surface area contributed by atoms with Gasteiger partial charge in [0.05, 0.1) is 0 Å². The minimum Gasteiger partial charge on any atom is -0.481 e. The molecule has 0 bridgehead atoms. The van der Waals surface area contributed by atoms with Gasteiger partial charge in [-0.1, -0.05) is 69.3 Å². The topological polar surface area (TPSA) is 105 Å². The highest BCUT2D eigenvalue weighted by Crippen LogP contribution is 2.44. The summed E-state index contributed by atoms with van der Waals surface area (Å²) in [5, 5.41) is 14.7. The maximum absolute atomic E-state index is 13.0. The van der Waals surface area contributed by atoms with Crippen molar-refractivity contribution in [3.8, 4) is 11.1 Å². The Morgan fingerprint density at radius 1 is 1.03 bits per heavy atom. The minimum absolute atomic E-state index is 0.0128. The number of aliphatic carboxylic acids is 1. The van der Waals surface area contributed by atoms with Crippen molar-refractivity contribution in [2.45, 2.75) is 58.4 Å². The van der Waals surface area contributed by atoms with Crippen molar-refractivity contribution in [1.82, 2.24) is 10.6 Å². The van der Waals surface area contributed by atoms with Crippen LogP contribution in [0, 0.1) is 11.8 Å². The second kappa shape index (κ2) is 11.4. The van der Waals surface area contributed by atoms with E-state index in [-0.39, 0.29) is 37.3 Å². The fourth-order valence-corrected chi connectivity index (χ4v) is 4.75. The number of alkyl carbamates (subject to hydrolysis) is 1. The molecule has 2 aromatic carbocycles. The van der Waals surface area contributed by atoms with Crippen LogP contribution < -0.4 is 10.6 Å². The summed E-state index contributed by atoms with van der Waals surface area (Å²) in [5.74, 6) is -1.17. The molecule has 35 heavy (non-hydrogen) atoms. The number of hydrogen-bond acceptors (Lipinski definition) is 4. The highest BCUT2D eigenvalue weighted by Gasteiger charge is 2.35. The monoisotopic (exact) mass is 480 g/mol. The molecular weight excluding hydrogens is 444 g/mol. The molecule has 7 nitrogen and oxygen atoms in total. The number of amides is 2. The number of benzene rings is 2. The zero-order chi connectivity index (χ0) is 25.6. The maximum atomic E-state index is 13.0. The molecule has 0 spiro atoms. The Labute approximate surface area is 207 Å². The van der Waals surface area contributed by atoms with E-state index in [0.717, 1.165) is 22.3 Å². The summed E-state index contributed by atoms with van der Waals surface area (Å²) < 4.78 is 5.61. The number of fused-ring (bicyclic) bond motifs is 3. The molecule has 1 aliphatic carbocycles. The van der Waals surface area contributed by atoms with Crippen LogP contribution >= 0.6 is 0 Å². The van der Waals surface area contributed by atoms with Crippen molar-refractivity contribution >= 4 is 18.0 Å². The molecule has 0 aromatic heterocycles. The molecule has 1 unspecified atom stereocenters. The van der Waals surface area contributed by atoms with Gasteiger partial charge in [0, 0.05) is 18.9 Å². The summed E-state index contributed by atoms with van der Waals surface area (Å²) in [6.45, 7) is 7.91. The second-order valence-electron chi connectivity index (χ2n) is 9.94. The van der Waals surface area contributed by atoms with Crippen LogP contribution in [0.3, 0.4) is 0 Å². The number of carboxylic acids is 1. The first kappa shape index (κ1) is 26.3. The highest BCUT2D eigenvalue weighted by molar-refractivity contribution is 5.89. The second-order valence-corrected chi connectivity index (χ2v) is 9.94. The molecule has 3 rings (SSSR count). The molecule has 188 valence electrons. The summed E-state index contributed by atoms with van der Waals surface area (Å²) in [6, 6.07) is 16.2. The SMILES string of the molecule is CCC(C)(NC(=O)OCC1c2ccccc2-c2ccccc21)C(=O)NC[C@H](CC(=O)O)CC(C)C. The standard InChI is InChI=1S/C28H36N2O5/c1-5-28(4,26(33)29-16-19(14-18(2)3)15-25(31)32)30-27(34)35-17-24-22-12-8-6-10-20(22)21-11-7-9-13-23(21)24/h6-13,18-19,24H,5,14-17H2,1-4H3,(H,29,33)(H,30,34)(H,31,32)/t19-,28?/m0/s1. The zero-order valence-electron chi connectivity index (χ0n) is 21.0. The lowest BCUT2D eigenvalue weighted by atomic mass is 9.93. The fraction of sp³-hybridized carbons (Fsp3) is 0.464. The van der Waals surface area contributed by atoms with Crippen LogP contribution in [0.25, 0.3) is 11.1 Å². The molecule has 0 saturated carbocycles. The van der Waals surface area contributed by atoms with Crippen molar-refractivity contribution in [2.75, 3.05) is 13.2 Å². The lowest BCUT2D eigenvalue weighted by Gasteiger charge is -2.29. The Morgan fingerprint density at radius 3 is 2.11 bits per heavy atom. The van der Waals surface area contributed by atoms with Crippen LogP contribution in [0.4, 0.5) is 4.79 Å². The van der Waals surface area contributed by atoms with Crippen molar-refractivity contribution < 1.29 is 24.2 Å². The van der Waals surface area contributed by atoms with Gasteiger partial charge in [-0.05, 0) is 53.9 Å². The fourth-order valence-electron chi connectivity index (χ4n) is 4.75. The normalized spacial score (nSPS) is 15.0. The largest absolute Gasteiger partial charge is 0.481 e. The molecule has 0 fully saturated rings. The van der Waals surface area contributed by atoms with Crippen molar-refractivity contribution in [3.63, 3.8) is 0 Å². The third-order valence-corrected chi connectivity index (χ3v) is 6.75. The van der Waals surface area contributed by atoms with Gasteiger partial charge in [-0.3, -0.25) is 9.59 Å². The third kappa shape index (κ3) is 6.41. The van der Waals surface area contributed by atoms with Crippen LogP contribution in [0.2, 0.25) is 0 Å². The number of ether oxygens (including phenoxy) is 1. The predicted octanol–water partition coefficient (Wildman–Crippen LogP) is 4.95. The van der Waals surface area contributed by atoms with Crippen molar-refractivity contribution in [1.29, 1.82) is 0 Å². The zero-order valence-corrected chi connectivity index (χ0v) is 21.0. The van der Waals surface area contributed by atoms with E-state index in [0.29, 0.717) is 18.8 Å². The third-order valence-electron chi connectivity index (χ3n) is 6.75. The molecule has 1 aliphatic rings. The smallest absolute Gasteiger partial charge is 0.408 e. The van der Waals surface area contributed by atoms with E-state index in [1.54, 1.807) is 6.92 Å². The van der Waals surface area contributed by atoms with Crippen molar-refractivity contribution in [2.24, 2.45) is 11.8 Å². The Kier molecular flexibility index (Phi) is 8.54. The van der Waals surface area contributed by atoms with E-state index in [1.807, 2.05) is 45.0 Å². The van der Waals surface area contributed by atoms with E-state index in [1.165, 1.54) is 0 Å². The summed E-state index contributed by atoms with van der Waals surface area (Å²) in [4.78, 5) is 36.9. The van der Waals surface area contributed by atoms with Gasteiger partial charge in [-0.25, -0.2) is 4.79 Å². The molecule has 7 heteroatoms. The number of carbonyl (C=O) groups excluding carboxylic acids is 2. The first-order chi connectivity index (χ1) is 16.6. The molecule has 3 N–H and O–H groups in total. The Hall–Kier alpha value is -3.35. The van der Waals surface area contributed by atoms with Gasteiger partial charge >= 0.3 is 12.1 Å². The maximum Gasteiger partial charge on any atom is 0.408 e. The molecule has 0 radical (unpaired) electrons. The molecule has 2 amide bonds. The van der Waals surface area contributed by atoms with E-state index < -0.39 is 17.6 Å². The number of hydrogen-bond donors (Lipinski definition) is 3. The summed E-state index contributed by atoms with van der Waals surface area (Å²) in [5.41, 5.74) is 3.35. The van der Waals surface area contributed by atoms with Crippen LogP contribution in [-0.4, -0.2) is 41.8 Å². The Balaban J connectivity index is 1.61. The van der Waals surface area contributed by atoms with Crippen LogP contribution in [-0.2, 0) is 14.3 Å². The molecule has 0 aliphatic heterocycles. The van der Waals surface area contributed by atoms with Crippen LogP contribution in [0.1, 0.15) is 64.0 Å². The van der Waals surface area contributed by atoms with Crippen LogP contribution in [0.15, 0.2) is 48.5 Å². The average Bonchev–Trinajstić information content (AvgIpc) is 3.14. The minimum atomic E-state index is -1.17. The first-order valence-corrected chi connectivity index (χ1v) is 12.3. The number of carboxylic acid groups (broad SMARTS) is 1. The summed E-state index contributed by atoms with van der Waals surface area (Å²) in [7, 11) is 0. The van der Waals surface area contributed by atoms with Gasteiger partial charge in [0.2, 0.25) is 5.91 Å². The van der Waals surface area contributed by atoms with Gasteiger partial charge < -0.3 is 20.5 Å². The van der Waals surface area contributed by atoms with E-state index >= 15 is 0 Å². The molecule has 0 saturated heterocycles. The van der Waals surface area contributed by atoms with Gasteiger partial charge in [0.1, 0.15) is 12.1 Å². The lowest BCUT2D eigenvalue weighted by Crippen LogP contribution is -2.57. The number of rotatable bonds is 11. The summed E-state index contributed by atoms with van der Waals surface area (Å²) >= 11 is 0. The average molecular weight is 481 g/mol. The van der Waals surface area contributed by atoms with E-state index in [9.17, 15) is 19.5 Å². The van der Waals surface area contributed by atoms with Crippen molar-refractivity contribution in [3.05, 3.63) is 59.7 Å². The molecule has 2 aromatic rings. The molecular formula is C28H36N2O5. The summed E-state index contributed by atoms with van der Waals surface area (Å²) in [6.07, 6.45) is 0.378. The lowest BCUT2D eigenvalue weighted by molar-refractivity contribution is -0.138. The first-order valence-electron chi connectivity index (χ1n) is 12.3.